The summed E-state index contributed by atoms with van der Waals surface area (Å²) in [6, 6.07) is 18.8. The Bertz CT molecular complexity index is 1230. The van der Waals surface area contributed by atoms with E-state index in [-0.39, 0.29) is 11.9 Å². The zero-order valence-electron chi connectivity index (χ0n) is 17.5. The lowest BCUT2D eigenvalue weighted by atomic mass is 9.97. The first-order chi connectivity index (χ1) is 15.7. The Hall–Kier alpha value is -3.61. The number of ether oxygens (including phenoxy) is 3. The molecular weight excluding hydrogens is 406 g/mol. The molecule has 6 nitrogen and oxygen atoms in total. The van der Waals surface area contributed by atoms with Crippen LogP contribution < -0.4 is 4.74 Å². The second-order valence-corrected chi connectivity index (χ2v) is 7.69. The van der Waals surface area contributed by atoms with Crippen LogP contribution in [0.1, 0.15) is 11.1 Å². The van der Waals surface area contributed by atoms with Crippen molar-refractivity contribution in [1.29, 1.82) is 0 Å². The average Bonchev–Trinajstić information content (AvgIpc) is 3.27. The molecule has 3 aromatic rings. The van der Waals surface area contributed by atoms with Gasteiger partial charge in [0.05, 0.1) is 5.56 Å². The van der Waals surface area contributed by atoms with E-state index < -0.39 is 12.3 Å². The van der Waals surface area contributed by atoms with Gasteiger partial charge in [-0.3, -0.25) is 0 Å². The highest BCUT2D eigenvalue weighted by molar-refractivity contribution is 6.05. The fourth-order valence-electron chi connectivity index (χ4n) is 4.05. The van der Waals surface area contributed by atoms with Gasteiger partial charge in [-0.05, 0) is 29.8 Å². The van der Waals surface area contributed by atoms with Gasteiger partial charge in [0.25, 0.3) is 0 Å². The summed E-state index contributed by atoms with van der Waals surface area (Å²) in [5.74, 6) is 1.09. The van der Waals surface area contributed by atoms with Crippen molar-refractivity contribution < 1.29 is 24.4 Å². The molecule has 0 amide bonds. The van der Waals surface area contributed by atoms with Gasteiger partial charge < -0.3 is 24.4 Å². The van der Waals surface area contributed by atoms with Crippen molar-refractivity contribution in [2.24, 2.45) is 4.99 Å². The molecule has 32 heavy (non-hydrogen) atoms. The summed E-state index contributed by atoms with van der Waals surface area (Å²) < 4.78 is 17.1. The fraction of sp³-hybridized carbons (Fsp3) is 0.192. The van der Waals surface area contributed by atoms with Crippen LogP contribution in [0.15, 0.2) is 89.5 Å². The molecule has 1 aliphatic heterocycles. The van der Waals surface area contributed by atoms with E-state index in [1.54, 1.807) is 12.1 Å². The van der Waals surface area contributed by atoms with E-state index in [0.29, 0.717) is 34.8 Å². The minimum Gasteiger partial charge on any atom is -0.506 e. The molecule has 0 bridgehead atoms. The maximum Gasteiger partial charge on any atom is 0.221 e. The molecule has 1 heterocycles. The maximum absolute atomic E-state index is 11.1. The molecule has 0 spiro atoms. The number of aromatic hydroxyl groups is 1. The quantitative estimate of drug-likeness (QED) is 0.577. The van der Waals surface area contributed by atoms with Crippen LogP contribution in [0, 0.1) is 0 Å². The first-order valence-corrected chi connectivity index (χ1v) is 10.4. The summed E-state index contributed by atoms with van der Waals surface area (Å²) in [6.45, 7) is 0.435. The van der Waals surface area contributed by atoms with E-state index in [0.717, 1.165) is 10.9 Å². The number of aliphatic imine (C=N–C) groups is 1. The number of phenolic OH excluding ortho intramolecular Hbond substituents is 1. The number of methoxy groups -OCH3 is 1. The normalized spacial score (nSPS) is 20.3. The van der Waals surface area contributed by atoms with Crippen LogP contribution in [0.4, 0.5) is 0 Å². The summed E-state index contributed by atoms with van der Waals surface area (Å²) in [6.07, 6.45) is 4.05. The Labute approximate surface area is 185 Å². The predicted molar refractivity (Wildman–Crippen MR) is 122 cm³/mol. The molecular formula is C26H23NO5. The second-order valence-electron chi connectivity index (χ2n) is 7.69. The molecule has 162 valence electrons. The number of aliphatic hydroxyl groups is 1. The van der Waals surface area contributed by atoms with Gasteiger partial charge in [-0.1, -0.05) is 54.6 Å². The molecule has 2 aliphatic rings. The first-order valence-electron chi connectivity index (χ1n) is 10.4. The van der Waals surface area contributed by atoms with Crippen LogP contribution >= 0.6 is 0 Å². The monoisotopic (exact) mass is 429 g/mol. The molecule has 0 saturated heterocycles. The van der Waals surface area contributed by atoms with Crippen molar-refractivity contribution in [3.8, 4) is 11.5 Å². The summed E-state index contributed by atoms with van der Waals surface area (Å²) in [5, 5.41) is 22.6. The molecule has 3 atom stereocenters. The summed E-state index contributed by atoms with van der Waals surface area (Å²) >= 11 is 0. The number of aliphatic hydroxyl groups excluding tert-OH is 1. The smallest absolute Gasteiger partial charge is 0.221 e. The number of benzene rings is 3. The zero-order chi connectivity index (χ0) is 22.1. The molecule has 5 rings (SSSR count). The van der Waals surface area contributed by atoms with E-state index in [1.165, 1.54) is 7.11 Å². The lowest BCUT2D eigenvalue weighted by Crippen LogP contribution is -2.31. The van der Waals surface area contributed by atoms with Gasteiger partial charge in [0.1, 0.15) is 30.3 Å². The lowest BCUT2D eigenvalue weighted by Gasteiger charge is -2.22. The molecule has 2 N–H and O–H groups in total. The summed E-state index contributed by atoms with van der Waals surface area (Å²) in [7, 11) is 1.44. The highest BCUT2D eigenvalue weighted by Crippen LogP contribution is 2.37. The minimum absolute atomic E-state index is 0.0758. The van der Waals surface area contributed by atoms with Crippen LogP contribution in [0.2, 0.25) is 0 Å². The number of rotatable bonds is 6. The number of phenols is 1. The zero-order valence-corrected chi connectivity index (χ0v) is 17.5. The molecule has 1 aliphatic carbocycles. The minimum atomic E-state index is -1.06. The maximum atomic E-state index is 11.1. The Morgan fingerprint density at radius 3 is 2.69 bits per heavy atom. The third kappa shape index (κ3) is 3.64. The summed E-state index contributed by atoms with van der Waals surface area (Å²) in [4.78, 5) is 4.64. The second kappa shape index (κ2) is 8.49. The van der Waals surface area contributed by atoms with Gasteiger partial charge in [0.15, 0.2) is 6.29 Å². The fourth-order valence-corrected chi connectivity index (χ4v) is 4.05. The van der Waals surface area contributed by atoms with Crippen LogP contribution in [-0.2, 0) is 16.1 Å². The van der Waals surface area contributed by atoms with Gasteiger partial charge in [0, 0.05) is 23.5 Å². The average molecular weight is 429 g/mol. The molecule has 3 unspecified atom stereocenters. The number of hydrogen-bond acceptors (Lipinski definition) is 6. The number of allylic oxidation sites excluding steroid dienone is 2. The van der Waals surface area contributed by atoms with E-state index in [4.69, 9.17) is 14.2 Å². The molecule has 3 aromatic carbocycles. The van der Waals surface area contributed by atoms with Crippen molar-refractivity contribution in [1.82, 2.24) is 0 Å². The van der Waals surface area contributed by atoms with Gasteiger partial charge in [-0.25, -0.2) is 4.99 Å². The van der Waals surface area contributed by atoms with Crippen molar-refractivity contribution in [2.75, 3.05) is 7.11 Å². The van der Waals surface area contributed by atoms with Crippen molar-refractivity contribution in [3.63, 3.8) is 0 Å². The molecule has 0 aromatic heterocycles. The Morgan fingerprint density at radius 1 is 1.03 bits per heavy atom. The van der Waals surface area contributed by atoms with Gasteiger partial charge in [-0.2, -0.15) is 0 Å². The number of fused-ring (bicyclic) bond motifs is 2. The largest absolute Gasteiger partial charge is 0.506 e. The molecule has 0 fully saturated rings. The number of hydrogen-bond donors (Lipinski definition) is 2. The Kier molecular flexibility index (Phi) is 5.39. The first kappa shape index (κ1) is 20.3. The Balaban J connectivity index is 1.46. The number of nitrogens with zero attached hydrogens (tertiary/aromatic N) is 1. The van der Waals surface area contributed by atoms with Crippen molar-refractivity contribution >= 4 is 16.7 Å². The van der Waals surface area contributed by atoms with E-state index in [1.807, 2.05) is 66.7 Å². The summed E-state index contributed by atoms with van der Waals surface area (Å²) in [5.41, 5.74) is 2.18. The van der Waals surface area contributed by atoms with E-state index in [2.05, 4.69) is 4.99 Å². The lowest BCUT2D eigenvalue weighted by molar-refractivity contribution is -0.0497. The highest BCUT2D eigenvalue weighted by atomic mass is 16.6. The third-order valence-electron chi connectivity index (χ3n) is 5.72. The predicted octanol–water partition coefficient (Wildman–Crippen LogP) is 4.10. The standard InChI is InChI=1S/C26H23NO5/c1-30-26(29)19-10-6-12-22-23(19)27-25(32-22)20-14-13-17-18(24(20)28)9-5-11-21(17)31-15-16-7-3-2-4-8-16/h2-14,22-23,26,28-29H,15H2,1H3. The van der Waals surface area contributed by atoms with Crippen LogP contribution in [-0.4, -0.2) is 41.7 Å². The van der Waals surface area contributed by atoms with Gasteiger partial charge >= 0.3 is 0 Å². The van der Waals surface area contributed by atoms with Crippen LogP contribution in [0.3, 0.4) is 0 Å². The molecule has 0 radical (unpaired) electrons. The van der Waals surface area contributed by atoms with E-state index >= 15 is 0 Å². The third-order valence-corrected chi connectivity index (χ3v) is 5.72. The van der Waals surface area contributed by atoms with Crippen molar-refractivity contribution in [2.45, 2.75) is 25.0 Å². The topological polar surface area (TPSA) is 80.5 Å². The van der Waals surface area contributed by atoms with Crippen LogP contribution in [0.25, 0.3) is 10.8 Å². The highest BCUT2D eigenvalue weighted by Gasteiger charge is 2.37. The Morgan fingerprint density at radius 2 is 1.88 bits per heavy atom. The van der Waals surface area contributed by atoms with Gasteiger partial charge in [-0.15, -0.1) is 0 Å². The van der Waals surface area contributed by atoms with Crippen LogP contribution in [0.5, 0.6) is 11.5 Å². The van der Waals surface area contributed by atoms with Gasteiger partial charge in [0.2, 0.25) is 5.90 Å². The van der Waals surface area contributed by atoms with E-state index in [9.17, 15) is 10.2 Å². The molecule has 0 saturated carbocycles. The SMILES string of the molecule is COC(O)C1=CC=CC2OC(c3ccc4c(OCc5ccccc5)cccc4c3O)=NC12. The molecule has 6 heteroatoms. The van der Waals surface area contributed by atoms with Crippen molar-refractivity contribution in [3.05, 3.63) is 95.6 Å².